The monoisotopic (exact) mass is 353 g/mol. The van der Waals surface area contributed by atoms with E-state index in [1.807, 2.05) is 0 Å². The Balaban J connectivity index is 2.24. The van der Waals surface area contributed by atoms with Gasteiger partial charge < -0.3 is 5.32 Å². The largest absolute Gasteiger partial charge is 0.317 e. The van der Waals surface area contributed by atoms with E-state index in [9.17, 15) is 13.6 Å². The number of nitrogens with zero attached hydrogens (tertiary/aromatic N) is 2. The molecule has 0 saturated carbocycles. The fraction of sp³-hybridized carbons (Fsp3) is 0. The number of halogens is 4. The molecular formula is C9H3BrClF2N3OS. The van der Waals surface area contributed by atoms with Crippen LogP contribution >= 0.6 is 38.9 Å². The number of rotatable bonds is 2. The number of hydrogen-bond acceptors (Lipinski definition) is 4. The molecule has 4 nitrogen and oxygen atoms in total. The zero-order chi connectivity index (χ0) is 13.3. The number of amides is 1. The second-order valence-corrected chi connectivity index (χ2v) is 5.47. The molecule has 0 aliphatic heterocycles. The summed E-state index contributed by atoms with van der Waals surface area (Å²) in [5, 5.41) is 9.17. The number of carbonyl (C=O) groups excluding carboxylic acids is 1. The van der Waals surface area contributed by atoms with Crippen molar-refractivity contribution >= 4 is 50.5 Å². The van der Waals surface area contributed by atoms with Gasteiger partial charge in [-0.15, -0.1) is 10.2 Å². The fourth-order valence-corrected chi connectivity index (χ4v) is 2.16. The summed E-state index contributed by atoms with van der Waals surface area (Å²) >= 11 is 9.26. The normalized spacial score (nSPS) is 10.4. The minimum Gasteiger partial charge on any atom is -0.317 e. The maximum atomic E-state index is 13.4. The lowest BCUT2D eigenvalue weighted by molar-refractivity contribution is 0.102. The minimum absolute atomic E-state index is 0.0140. The van der Waals surface area contributed by atoms with Crippen LogP contribution in [0.2, 0.25) is 4.47 Å². The molecule has 1 N–H and O–H groups in total. The van der Waals surface area contributed by atoms with Gasteiger partial charge in [-0.1, -0.05) is 11.3 Å². The fourth-order valence-electron chi connectivity index (χ4n) is 1.09. The molecule has 2 rings (SSSR count). The molecule has 2 aromatic rings. The number of benzene rings is 1. The van der Waals surface area contributed by atoms with Crippen LogP contribution in [-0.2, 0) is 0 Å². The van der Waals surface area contributed by atoms with Crippen LogP contribution < -0.4 is 5.32 Å². The Hall–Kier alpha value is -1.12. The first-order valence-corrected chi connectivity index (χ1v) is 6.41. The Labute approximate surface area is 117 Å². The first-order valence-electron chi connectivity index (χ1n) is 4.42. The van der Waals surface area contributed by atoms with Crippen LogP contribution in [0.3, 0.4) is 0 Å². The van der Waals surface area contributed by atoms with Gasteiger partial charge >= 0.3 is 0 Å². The van der Waals surface area contributed by atoms with Crippen molar-refractivity contribution in [2.45, 2.75) is 0 Å². The topological polar surface area (TPSA) is 54.9 Å². The number of aromatic nitrogens is 2. The highest BCUT2D eigenvalue weighted by Crippen LogP contribution is 2.24. The van der Waals surface area contributed by atoms with Crippen LogP contribution in [0, 0.1) is 11.6 Å². The Kier molecular flexibility index (Phi) is 3.88. The van der Waals surface area contributed by atoms with Gasteiger partial charge in [-0.3, -0.25) is 4.79 Å². The van der Waals surface area contributed by atoms with Gasteiger partial charge in [-0.25, -0.2) is 8.78 Å². The summed E-state index contributed by atoms with van der Waals surface area (Å²) in [5.41, 5.74) is -0.167. The average Bonchev–Trinajstić information content (AvgIpc) is 2.73. The molecule has 0 spiro atoms. The molecule has 9 heteroatoms. The zero-order valence-corrected chi connectivity index (χ0v) is 11.5. The summed E-state index contributed by atoms with van der Waals surface area (Å²) in [5.74, 6) is -2.32. The Morgan fingerprint density at radius 3 is 2.67 bits per heavy atom. The van der Waals surface area contributed by atoms with Crippen molar-refractivity contribution in [1.82, 2.24) is 10.2 Å². The van der Waals surface area contributed by atoms with Crippen molar-refractivity contribution in [2.75, 3.05) is 5.32 Å². The van der Waals surface area contributed by atoms with Gasteiger partial charge in [0.05, 0.1) is 10.2 Å². The quantitative estimate of drug-likeness (QED) is 0.840. The van der Waals surface area contributed by atoms with Crippen LogP contribution in [0.25, 0.3) is 0 Å². The van der Waals surface area contributed by atoms with Gasteiger partial charge in [-0.2, -0.15) is 0 Å². The van der Waals surface area contributed by atoms with E-state index in [0.717, 1.165) is 17.4 Å². The van der Waals surface area contributed by atoms with Crippen molar-refractivity contribution in [1.29, 1.82) is 0 Å². The lowest BCUT2D eigenvalue weighted by atomic mass is 10.3. The molecule has 18 heavy (non-hydrogen) atoms. The van der Waals surface area contributed by atoms with Crippen molar-refractivity contribution in [3.63, 3.8) is 0 Å². The number of hydrogen-bond donors (Lipinski definition) is 1. The third-order valence-electron chi connectivity index (χ3n) is 1.85. The number of carbonyl (C=O) groups is 1. The van der Waals surface area contributed by atoms with E-state index >= 15 is 0 Å². The third-order valence-corrected chi connectivity index (χ3v) is 3.48. The minimum atomic E-state index is -0.889. The highest BCUT2D eigenvalue weighted by Gasteiger charge is 2.15. The predicted octanol–water partition coefficient (Wildman–Crippen LogP) is 3.48. The van der Waals surface area contributed by atoms with Crippen LogP contribution in [0.4, 0.5) is 14.5 Å². The summed E-state index contributed by atoms with van der Waals surface area (Å²) in [7, 11) is 0. The van der Waals surface area contributed by atoms with Gasteiger partial charge in [0.25, 0.3) is 5.91 Å². The molecule has 0 atom stereocenters. The Morgan fingerprint density at radius 1 is 1.33 bits per heavy atom. The molecule has 0 radical (unpaired) electrons. The molecule has 1 amide bonds. The molecule has 1 aromatic heterocycles. The highest BCUT2D eigenvalue weighted by atomic mass is 79.9. The average molecular weight is 355 g/mol. The molecule has 0 bridgehead atoms. The summed E-state index contributed by atoms with van der Waals surface area (Å²) in [6.07, 6.45) is 0. The van der Waals surface area contributed by atoms with Gasteiger partial charge in [0.1, 0.15) is 11.6 Å². The number of nitrogens with one attached hydrogen (secondary N) is 1. The second kappa shape index (κ2) is 5.25. The highest BCUT2D eigenvalue weighted by molar-refractivity contribution is 9.10. The first kappa shape index (κ1) is 13.3. The zero-order valence-electron chi connectivity index (χ0n) is 8.38. The standard InChI is InChI=1S/C9H3BrClF2N3OS/c10-3-1-6(5(13)2-4(3)12)14-7(17)8-15-16-9(11)18-8/h1-2H,(H,14,17). The Bertz CT molecular complexity index is 622. The van der Waals surface area contributed by atoms with E-state index in [4.69, 9.17) is 11.6 Å². The molecule has 0 unspecified atom stereocenters. The molecule has 1 heterocycles. The molecule has 0 fully saturated rings. The van der Waals surface area contributed by atoms with E-state index in [-0.39, 0.29) is 19.6 Å². The maximum Gasteiger partial charge on any atom is 0.286 e. The summed E-state index contributed by atoms with van der Waals surface area (Å²) < 4.78 is 26.5. The summed E-state index contributed by atoms with van der Waals surface area (Å²) in [4.78, 5) is 11.6. The van der Waals surface area contributed by atoms with Crippen molar-refractivity contribution < 1.29 is 13.6 Å². The van der Waals surface area contributed by atoms with E-state index in [2.05, 4.69) is 31.4 Å². The van der Waals surface area contributed by atoms with Crippen molar-refractivity contribution in [2.24, 2.45) is 0 Å². The lowest BCUT2D eigenvalue weighted by Gasteiger charge is -2.05. The smallest absolute Gasteiger partial charge is 0.286 e. The van der Waals surface area contributed by atoms with Gasteiger partial charge in [0.15, 0.2) is 0 Å². The van der Waals surface area contributed by atoms with Gasteiger partial charge in [0.2, 0.25) is 9.47 Å². The maximum absolute atomic E-state index is 13.4. The van der Waals surface area contributed by atoms with E-state index in [1.54, 1.807) is 0 Å². The third kappa shape index (κ3) is 2.82. The van der Waals surface area contributed by atoms with E-state index in [0.29, 0.717) is 6.07 Å². The number of anilines is 1. The molecule has 1 aromatic carbocycles. The molecule has 0 saturated heterocycles. The van der Waals surface area contributed by atoms with Crippen LogP contribution in [-0.4, -0.2) is 16.1 Å². The van der Waals surface area contributed by atoms with E-state index in [1.165, 1.54) is 0 Å². The summed E-state index contributed by atoms with van der Waals surface area (Å²) in [6, 6.07) is 1.78. The SMILES string of the molecule is O=C(Nc1cc(Br)c(F)cc1F)c1nnc(Cl)s1. The Morgan fingerprint density at radius 2 is 2.06 bits per heavy atom. The molecule has 0 aliphatic carbocycles. The molecule has 0 aliphatic rings. The first-order chi connectivity index (χ1) is 8.47. The van der Waals surface area contributed by atoms with Crippen LogP contribution in [0.15, 0.2) is 16.6 Å². The van der Waals surface area contributed by atoms with Crippen molar-refractivity contribution in [3.8, 4) is 0 Å². The van der Waals surface area contributed by atoms with Crippen LogP contribution in [0.5, 0.6) is 0 Å². The van der Waals surface area contributed by atoms with Crippen molar-refractivity contribution in [3.05, 3.63) is 37.7 Å². The van der Waals surface area contributed by atoms with Crippen LogP contribution in [0.1, 0.15) is 9.80 Å². The second-order valence-electron chi connectivity index (χ2n) is 3.06. The van der Waals surface area contributed by atoms with E-state index < -0.39 is 17.5 Å². The molecule has 94 valence electrons. The van der Waals surface area contributed by atoms with Gasteiger partial charge in [0, 0.05) is 6.07 Å². The van der Waals surface area contributed by atoms with Gasteiger partial charge in [-0.05, 0) is 33.6 Å². The predicted molar refractivity (Wildman–Crippen MR) is 66.9 cm³/mol. The lowest BCUT2D eigenvalue weighted by Crippen LogP contribution is -2.13. The summed E-state index contributed by atoms with van der Waals surface area (Å²) in [6.45, 7) is 0. The molecular weight excluding hydrogens is 352 g/mol.